The van der Waals surface area contributed by atoms with E-state index in [2.05, 4.69) is 10.6 Å². The summed E-state index contributed by atoms with van der Waals surface area (Å²) in [6.45, 7) is -0.0817. The lowest BCUT2D eigenvalue weighted by Crippen LogP contribution is -2.31. The molecule has 0 aromatic heterocycles. The van der Waals surface area contributed by atoms with E-state index in [0.717, 1.165) is 0 Å². The summed E-state index contributed by atoms with van der Waals surface area (Å²) in [7, 11) is -2.58. The van der Waals surface area contributed by atoms with Crippen molar-refractivity contribution in [1.82, 2.24) is 10.6 Å². The van der Waals surface area contributed by atoms with E-state index in [1.165, 1.54) is 7.05 Å². The van der Waals surface area contributed by atoms with Gasteiger partial charge in [0.2, 0.25) is 5.91 Å². The number of carbonyl (C=O) groups excluding carboxylic acids is 1. The van der Waals surface area contributed by atoms with Crippen LogP contribution < -0.4 is 10.6 Å². The molecule has 0 fully saturated rings. The van der Waals surface area contributed by atoms with Crippen LogP contribution in [0.25, 0.3) is 0 Å². The molecule has 0 aromatic rings. The predicted octanol–water partition coefficient (Wildman–Crippen LogP) is -1.54. The minimum atomic E-state index is -4.02. The molecule has 0 saturated carbocycles. The third-order valence-electron chi connectivity index (χ3n) is 0.882. The topological polar surface area (TPSA) is 98.7 Å². The van der Waals surface area contributed by atoms with Gasteiger partial charge in [-0.3, -0.25) is 14.7 Å². The molecule has 0 spiro atoms. The van der Waals surface area contributed by atoms with Gasteiger partial charge in [0.1, 0.15) is 0 Å². The molecule has 0 saturated heterocycles. The van der Waals surface area contributed by atoms with Gasteiger partial charge in [0.05, 0.1) is 12.8 Å². The number of carbonyl (C=O) groups is 1. The number of hydrogen-bond acceptors (Lipinski definition) is 3. The highest BCUT2D eigenvalue weighted by Gasteiger charge is 2.11. The Kier molecular flexibility index (Phi) is 4.29. The summed E-state index contributed by atoms with van der Waals surface area (Å²) in [6, 6.07) is 0. The van der Waals surface area contributed by atoms with Gasteiger partial charge in [0.15, 0.2) is 0 Å². The van der Waals surface area contributed by atoms with Crippen molar-refractivity contribution >= 4 is 13.5 Å². The lowest BCUT2D eigenvalue weighted by molar-refractivity contribution is -0.119. The fourth-order valence-corrected chi connectivity index (χ4v) is 0.807. The second-order valence-corrected chi connectivity index (χ2v) is 3.57. The summed E-state index contributed by atoms with van der Waals surface area (Å²) in [5.41, 5.74) is 0. The molecule has 6 nitrogen and oxygen atoms in total. The van der Waals surface area contributed by atoms with Crippen LogP contribution >= 0.6 is 7.60 Å². The highest BCUT2D eigenvalue weighted by molar-refractivity contribution is 7.51. The molecule has 1 amide bonds. The minimum Gasteiger partial charge on any atom is -0.358 e. The summed E-state index contributed by atoms with van der Waals surface area (Å²) in [5.74, 6) is -0.307. The van der Waals surface area contributed by atoms with E-state index in [9.17, 15) is 9.36 Å². The number of nitrogens with one attached hydrogen (secondary N) is 2. The first-order valence-corrected chi connectivity index (χ1v) is 4.71. The second-order valence-electron chi connectivity index (χ2n) is 1.92. The van der Waals surface area contributed by atoms with E-state index >= 15 is 0 Å². The Morgan fingerprint density at radius 2 is 2.09 bits per heavy atom. The zero-order chi connectivity index (χ0) is 8.91. The first-order chi connectivity index (χ1) is 4.95. The van der Waals surface area contributed by atoms with Crippen LogP contribution in [-0.2, 0) is 9.36 Å². The first kappa shape index (κ1) is 10.6. The SMILES string of the molecule is CNC(=O)CNCP(=O)(O)O. The second kappa shape index (κ2) is 4.46. The molecule has 0 atom stereocenters. The molecule has 0 rings (SSSR count). The maximum Gasteiger partial charge on any atom is 0.339 e. The van der Waals surface area contributed by atoms with Gasteiger partial charge < -0.3 is 15.1 Å². The predicted molar refractivity (Wildman–Crippen MR) is 39.0 cm³/mol. The fraction of sp³-hybridized carbons (Fsp3) is 0.750. The van der Waals surface area contributed by atoms with Gasteiger partial charge in [-0.05, 0) is 0 Å². The molecule has 0 aliphatic carbocycles. The average molecular weight is 182 g/mol. The number of rotatable bonds is 4. The Balaban J connectivity index is 3.43. The molecular formula is C4H11N2O4P. The van der Waals surface area contributed by atoms with E-state index in [-0.39, 0.29) is 12.5 Å². The summed E-state index contributed by atoms with van der Waals surface area (Å²) >= 11 is 0. The summed E-state index contributed by atoms with van der Waals surface area (Å²) in [5, 5.41) is 4.60. The van der Waals surface area contributed by atoms with Crippen molar-refractivity contribution < 1.29 is 19.1 Å². The molecular weight excluding hydrogens is 171 g/mol. The van der Waals surface area contributed by atoms with Crippen LogP contribution in [0.15, 0.2) is 0 Å². The molecule has 0 heterocycles. The Morgan fingerprint density at radius 3 is 2.45 bits per heavy atom. The largest absolute Gasteiger partial charge is 0.358 e. The van der Waals surface area contributed by atoms with Gasteiger partial charge >= 0.3 is 7.60 Å². The zero-order valence-corrected chi connectivity index (χ0v) is 6.97. The molecule has 0 aliphatic heterocycles. The molecule has 0 radical (unpaired) electrons. The highest BCUT2D eigenvalue weighted by Crippen LogP contribution is 2.31. The van der Waals surface area contributed by atoms with Crippen LogP contribution in [0.3, 0.4) is 0 Å². The van der Waals surface area contributed by atoms with E-state index in [4.69, 9.17) is 9.79 Å². The van der Waals surface area contributed by atoms with Gasteiger partial charge in [-0.15, -0.1) is 0 Å². The number of hydrogen-bond donors (Lipinski definition) is 4. The number of amides is 1. The van der Waals surface area contributed by atoms with Crippen molar-refractivity contribution in [3.63, 3.8) is 0 Å². The molecule has 7 heteroatoms. The molecule has 0 aromatic carbocycles. The van der Waals surface area contributed by atoms with Gasteiger partial charge in [-0.1, -0.05) is 0 Å². The van der Waals surface area contributed by atoms with Crippen molar-refractivity contribution in [2.45, 2.75) is 0 Å². The highest BCUT2D eigenvalue weighted by atomic mass is 31.2. The lowest BCUT2D eigenvalue weighted by Gasteiger charge is -2.04. The van der Waals surface area contributed by atoms with E-state index in [1.807, 2.05) is 0 Å². The summed E-state index contributed by atoms with van der Waals surface area (Å²) in [6.07, 6.45) is -0.472. The van der Waals surface area contributed by atoms with Crippen molar-refractivity contribution in [2.75, 3.05) is 19.9 Å². The minimum absolute atomic E-state index is 0.0817. The number of likely N-dealkylation sites (N-methyl/N-ethyl adjacent to an activating group) is 1. The van der Waals surface area contributed by atoms with Gasteiger partial charge in [-0.25, -0.2) is 0 Å². The average Bonchev–Trinajstić information content (AvgIpc) is 1.85. The van der Waals surface area contributed by atoms with Crippen LogP contribution in [0.2, 0.25) is 0 Å². The Hall–Kier alpha value is -0.420. The van der Waals surface area contributed by atoms with E-state index < -0.39 is 13.9 Å². The Labute approximate surface area is 64.1 Å². The third-order valence-corrected chi connectivity index (χ3v) is 1.52. The van der Waals surface area contributed by atoms with Gasteiger partial charge in [0, 0.05) is 7.05 Å². The monoisotopic (exact) mass is 182 g/mol. The van der Waals surface area contributed by atoms with Gasteiger partial charge in [-0.2, -0.15) is 0 Å². The van der Waals surface area contributed by atoms with Crippen LogP contribution in [-0.4, -0.2) is 35.6 Å². The van der Waals surface area contributed by atoms with Crippen LogP contribution in [0.4, 0.5) is 0 Å². The standard InChI is InChI=1S/C4H11N2O4P/c1-5-4(7)2-6-3-11(8,9)10/h6H,2-3H2,1H3,(H,5,7)(H2,8,9,10). The van der Waals surface area contributed by atoms with Crippen molar-refractivity contribution in [3.8, 4) is 0 Å². The molecule has 4 N–H and O–H groups in total. The van der Waals surface area contributed by atoms with Crippen molar-refractivity contribution in [1.29, 1.82) is 0 Å². The third kappa shape index (κ3) is 7.48. The first-order valence-electron chi connectivity index (χ1n) is 2.91. The van der Waals surface area contributed by atoms with Crippen LogP contribution in [0.5, 0.6) is 0 Å². The van der Waals surface area contributed by atoms with E-state index in [1.54, 1.807) is 0 Å². The lowest BCUT2D eigenvalue weighted by atomic mass is 10.6. The molecule has 66 valence electrons. The van der Waals surface area contributed by atoms with Crippen LogP contribution in [0, 0.1) is 0 Å². The Morgan fingerprint density at radius 1 is 1.55 bits per heavy atom. The fourth-order valence-electron chi connectivity index (χ4n) is 0.403. The molecule has 0 bridgehead atoms. The normalized spacial score (nSPS) is 11.2. The molecule has 11 heavy (non-hydrogen) atoms. The van der Waals surface area contributed by atoms with Crippen molar-refractivity contribution in [3.05, 3.63) is 0 Å². The van der Waals surface area contributed by atoms with Crippen molar-refractivity contribution in [2.24, 2.45) is 0 Å². The van der Waals surface area contributed by atoms with Crippen LogP contribution in [0.1, 0.15) is 0 Å². The maximum absolute atomic E-state index is 10.5. The molecule has 0 aliphatic rings. The molecule has 0 unspecified atom stereocenters. The summed E-state index contributed by atoms with van der Waals surface area (Å²) in [4.78, 5) is 27.1. The summed E-state index contributed by atoms with van der Waals surface area (Å²) < 4.78 is 10.2. The maximum atomic E-state index is 10.5. The quantitative estimate of drug-likeness (QED) is 0.395. The van der Waals surface area contributed by atoms with E-state index in [0.29, 0.717) is 0 Å². The Bertz CT molecular complexity index is 177. The zero-order valence-electron chi connectivity index (χ0n) is 6.07. The smallest absolute Gasteiger partial charge is 0.339 e. The van der Waals surface area contributed by atoms with Gasteiger partial charge in [0.25, 0.3) is 0 Å².